The van der Waals surface area contributed by atoms with Crippen molar-refractivity contribution >= 4 is 11.5 Å². The van der Waals surface area contributed by atoms with E-state index in [1.54, 1.807) is 17.0 Å². The summed E-state index contributed by atoms with van der Waals surface area (Å²) in [5.74, 6) is 0.940. The molecule has 0 aromatic carbocycles. The lowest BCUT2D eigenvalue weighted by Crippen LogP contribution is -2.58. The summed E-state index contributed by atoms with van der Waals surface area (Å²) in [5.41, 5.74) is 1.60. The minimum Gasteiger partial charge on any atom is -0.352 e. The van der Waals surface area contributed by atoms with Gasteiger partial charge in [-0.3, -0.25) is 4.90 Å². The van der Waals surface area contributed by atoms with Crippen molar-refractivity contribution in [1.29, 1.82) is 0 Å². The van der Waals surface area contributed by atoms with Gasteiger partial charge in [-0.1, -0.05) is 10.3 Å². The molecule has 0 atom stereocenters. The number of hydrogen-bond acceptors (Lipinski definition) is 8. The second-order valence-electron chi connectivity index (χ2n) is 5.20. The molecule has 9 heteroatoms. The molecule has 0 bridgehead atoms. The Bertz CT molecular complexity index is 733. The molecule has 108 valence electrons. The van der Waals surface area contributed by atoms with Crippen LogP contribution in [0.1, 0.15) is 5.69 Å². The van der Waals surface area contributed by atoms with E-state index in [9.17, 15) is 0 Å². The molecule has 4 rings (SSSR count). The topological polar surface area (TPSA) is 88.5 Å². The van der Waals surface area contributed by atoms with Gasteiger partial charge in [0.2, 0.25) is 0 Å². The molecule has 0 aliphatic carbocycles. The lowest BCUT2D eigenvalue weighted by molar-refractivity contribution is 0.190. The fraction of sp³-hybridized carbons (Fsp3) is 0.417. The predicted octanol–water partition coefficient (Wildman–Crippen LogP) is -0.172. The third-order valence-corrected chi connectivity index (χ3v) is 3.78. The first kappa shape index (κ1) is 12.2. The maximum absolute atomic E-state index is 4.61. The van der Waals surface area contributed by atoms with Crippen molar-refractivity contribution in [3.8, 4) is 0 Å². The Hall–Kier alpha value is -2.55. The molecule has 1 fully saturated rings. The van der Waals surface area contributed by atoms with Gasteiger partial charge in [-0.05, 0) is 19.2 Å². The van der Waals surface area contributed by atoms with Gasteiger partial charge in [-0.15, -0.1) is 15.3 Å². The summed E-state index contributed by atoms with van der Waals surface area (Å²) >= 11 is 0. The van der Waals surface area contributed by atoms with Crippen LogP contribution in [-0.4, -0.2) is 61.2 Å². The van der Waals surface area contributed by atoms with E-state index in [4.69, 9.17) is 0 Å². The monoisotopic (exact) mass is 286 g/mol. The van der Waals surface area contributed by atoms with E-state index in [2.05, 4.69) is 47.1 Å². The molecule has 1 saturated heterocycles. The molecule has 3 aromatic heterocycles. The van der Waals surface area contributed by atoms with E-state index >= 15 is 0 Å². The quantitative estimate of drug-likeness (QED) is 0.653. The van der Waals surface area contributed by atoms with Crippen LogP contribution in [0.5, 0.6) is 0 Å². The average Bonchev–Trinajstić information content (AvgIpc) is 3.07. The highest BCUT2D eigenvalue weighted by Crippen LogP contribution is 2.21. The zero-order chi connectivity index (χ0) is 14.2. The Balaban J connectivity index is 1.39. The number of rotatable bonds is 4. The highest BCUT2D eigenvalue weighted by molar-refractivity contribution is 5.47. The molecule has 0 radical (unpaired) electrons. The molecule has 0 spiro atoms. The molecule has 0 N–H and O–H groups in total. The SMILES string of the molecule is CN(Cc1cnon1)C1CN(c2ccc3nncn3n2)C1. The largest absolute Gasteiger partial charge is 0.352 e. The zero-order valence-corrected chi connectivity index (χ0v) is 11.5. The van der Waals surface area contributed by atoms with Crippen LogP contribution in [0.3, 0.4) is 0 Å². The molecule has 9 nitrogen and oxygen atoms in total. The fourth-order valence-electron chi connectivity index (χ4n) is 2.45. The van der Waals surface area contributed by atoms with Gasteiger partial charge in [0.15, 0.2) is 5.65 Å². The van der Waals surface area contributed by atoms with E-state index in [0.717, 1.165) is 36.8 Å². The van der Waals surface area contributed by atoms with Crippen molar-refractivity contribution in [1.82, 2.24) is 35.0 Å². The van der Waals surface area contributed by atoms with E-state index in [1.807, 2.05) is 12.1 Å². The Morgan fingerprint density at radius 3 is 3.10 bits per heavy atom. The first-order valence-corrected chi connectivity index (χ1v) is 6.68. The number of fused-ring (bicyclic) bond motifs is 1. The summed E-state index contributed by atoms with van der Waals surface area (Å²) in [4.78, 5) is 4.47. The molecule has 1 aliphatic rings. The van der Waals surface area contributed by atoms with Gasteiger partial charge in [0.05, 0.1) is 6.20 Å². The molecular formula is C12H14N8O. The van der Waals surface area contributed by atoms with E-state index < -0.39 is 0 Å². The Morgan fingerprint density at radius 2 is 2.29 bits per heavy atom. The van der Waals surface area contributed by atoms with Gasteiger partial charge in [0.1, 0.15) is 17.8 Å². The third-order valence-electron chi connectivity index (χ3n) is 3.78. The van der Waals surface area contributed by atoms with Gasteiger partial charge in [0.25, 0.3) is 0 Å². The molecule has 0 unspecified atom stereocenters. The van der Waals surface area contributed by atoms with E-state index in [0.29, 0.717) is 6.04 Å². The number of nitrogens with zero attached hydrogens (tertiary/aromatic N) is 8. The average molecular weight is 286 g/mol. The van der Waals surface area contributed by atoms with Crippen molar-refractivity contribution in [2.24, 2.45) is 0 Å². The molecule has 0 amide bonds. The first-order chi connectivity index (χ1) is 10.3. The summed E-state index contributed by atoms with van der Waals surface area (Å²) in [7, 11) is 2.08. The molecule has 4 heterocycles. The van der Waals surface area contributed by atoms with Crippen LogP contribution in [0.4, 0.5) is 5.82 Å². The van der Waals surface area contributed by atoms with E-state index in [-0.39, 0.29) is 0 Å². The summed E-state index contributed by atoms with van der Waals surface area (Å²) in [5, 5.41) is 19.7. The van der Waals surface area contributed by atoms with Gasteiger partial charge in [-0.25, -0.2) is 4.63 Å². The minimum absolute atomic E-state index is 0.472. The van der Waals surface area contributed by atoms with Crippen LogP contribution in [0, 0.1) is 0 Å². The molecular weight excluding hydrogens is 272 g/mol. The van der Waals surface area contributed by atoms with Crippen LogP contribution in [0.25, 0.3) is 5.65 Å². The second kappa shape index (κ2) is 4.77. The van der Waals surface area contributed by atoms with Crippen LogP contribution in [0.15, 0.2) is 29.3 Å². The maximum Gasteiger partial charge on any atom is 0.177 e. The number of aromatic nitrogens is 6. The lowest BCUT2D eigenvalue weighted by atomic mass is 10.1. The molecule has 3 aromatic rings. The maximum atomic E-state index is 4.61. The van der Waals surface area contributed by atoms with Crippen molar-refractivity contribution in [2.45, 2.75) is 12.6 Å². The number of anilines is 1. The Labute approximate surface area is 120 Å². The first-order valence-electron chi connectivity index (χ1n) is 6.68. The standard InChI is InChI=1S/C12H14N8O/c1-18(5-9-4-14-21-17-9)10-6-19(7-10)12-3-2-11-15-13-8-20(11)16-12/h2-4,8,10H,5-7H2,1H3. The van der Waals surface area contributed by atoms with Crippen molar-refractivity contribution in [3.05, 3.63) is 30.4 Å². The van der Waals surface area contributed by atoms with Gasteiger partial charge in [0, 0.05) is 25.7 Å². The number of likely N-dealkylation sites (N-methyl/N-ethyl adjacent to an activating group) is 1. The van der Waals surface area contributed by atoms with Crippen molar-refractivity contribution < 1.29 is 4.63 Å². The predicted molar refractivity (Wildman–Crippen MR) is 72.5 cm³/mol. The lowest BCUT2D eigenvalue weighted by Gasteiger charge is -2.44. The normalized spacial score (nSPS) is 15.8. The van der Waals surface area contributed by atoms with Crippen LogP contribution < -0.4 is 4.90 Å². The number of hydrogen-bond donors (Lipinski definition) is 0. The van der Waals surface area contributed by atoms with Gasteiger partial charge >= 0.3 is 0 Å². The Kier molecular flexibility index (Phi) is 2.78. The van der Waals surface area contributed by atoms with Crippen molar-refractivity contribution in [3.63, 3.8) is 0 Å². The summed E-state index contributed by atoms with van der Waals surface area (Å²) in [6.07, 6.45) is 3.26. The molecule has 0 saturated carbocycles. The third kappa shape index (κ3) is 2.21. The summed E-state index contributed by atoms with van der Waals surface area (Å²) in [6, 6.07) is 4.37. The fourth-order valence-corrected chi connectivity index (χ4v) is 2.45. The summed E-state index contributed by atoms with van der Waals surface area (Å²) < 4.78 is 6.30. The summed E-state index contributed by atoms with van der Waals surface area (Å²) in [6.45, 7) is 2.60. The van der Waals surface area contributed by atoms with Gasteiger partial charge < -0.3 is 4.90 Å². The minimum atomic E-state index is 0.472. The zero-order valence-electron chi connectivity index (χ0n) is 11.5. The molecule has 21 heavy (non-hydrogen) atoms. The van der Waals surface area contributed by atoms with Crippen molar-refractivity contribution in [2.75, 3.05) is 25.0 Å². The van der Waals surface area contributed by atoms with Crippen LogP contribution in [-0.2, 0) is 6.54 Å². The van der Waals surface area contributed by atoms with Gasteiger partial charge in [-0.2, -0.15) is 4.52 Å². The second-order valence-corrected chi connectivity index (χ2v) is 5.20. The van der Waals surface area contributed by atoms with Crippen LogP contribution >= 0.6 is 0 Å². The molecule has 1 aliphatic heterocycles. The highest BCUT2D eigenvalue weighted by Gasteiger charge is 2.31. The van der Waals surface area contributed by atoms with E-state index in [1.165, 1.54) is 0 Å². The smallest absolute Gasteiger partial charge is 0.177 e. The van der Waals surface area contributed by atoms with Crippen LogP contribution in [0.2, 0.25) is 0 Å². The highest BCUT2D eigenvalue weighted by atomic mass is 16.6. The Morgan fingerprint density at radius 1 is 1.38 bits per heavy atom.